The van der Waals surface area contributed by atoms with E-state index < -0.39 is 0 Å². The fourth-order valence-electron chi connectivity index (χ4n) is 2.99. The van der Waals surface area contributed by atoms with Crippen LogP contribution in [0, 0.1) is 0 Å². The molecule has 0 spiro atoms. The van der Waals surface area contributed by atoms with E-state index in [1.54, 1.807) is 11.1 Å². The summed E-state index contributed by atoms with van der Waals surface area (Å²) in [6, 6.07) is 11.5. The summed E-state index contributed by atoms with van der Waals surface area (Å²) in [7, 11) is 0. The first-order chi connectivity index (χ1) is 9.99. The molecule has 0 saturated carbocycles. The summed E-state index contributed by atoms with van der Waals surface area (Å²) in [5, 5.41) is 0. The zero-order valence-electron chi connectivity index (χ0n) is 14.2. The topological polar surface area (TPSA) is 3.24 Å². The van der Waals surface area contributed by atoms with E-state index in [-0.39, 0.29) is 0 Å². The van der Waals surface area contributed by atoms with Crippen molar-refractivity contribution in [3.63, 3.8) is 0 Å². The van der Waals surface area contributed by atoms with Crippen molar-refractivity contribution in [1.82, 2.24) is 4.90 Å². The lowest BCUT2D eigenvalue weighted by molar-refractivity contribution is 0.224. The minimum Gasteiger partial charge on any atom is -0.292 e. The lowest BCUT2D eigenvalue weighted by Crippen LogP contribution is -2.42. The van der Waals surface area contributed by atoms with E-state index in [0.29, 0.717) is 6.04 Å². The Hall–Kier alpha value is -1.34. The highest BCUT2D eigenvalue weighted by molar-refractivity contribution is 5.26. The van der Waals surface area contributed by atoms with Crippen molar-refractivity contribution in [2.75, 3.05) is 13.1 Å². The van der Waals surface area contributed by atoms with Gasteiger partial charge in [-0.15, -0.1) is 0 Å². The molecule has 0 N–H and O–H groups in total. The Kier molecular flexibility index (Phi) is 5.41. The van der Waals surface area contributed by atoms with Crippen molar-refractivity contribution in [1.29, 1.82) is 0 Å². The van der Waals surface area contributed by atoms with Gasteiger partial charge in [0.25, 0.3) is 0 Å². The molecular weight excluding hydrogens is 254 g/mol. The lowest BCUT2D eigenvalue weighted by atomic mass is 9.90. The van der Waals surface area contributed by atoms with Crippen molar-refractivity contribution in [2.24, 2.45) is 0 Å². The predicted octanol–water partition coefficient (Wildman–Crippen LogP) is 5.00. The van der Waals surface area contributed by atoms with Gasteiger partial charge in [0.1, 0.15) is 0 Å². The first kappa shape index (κ1) is 16.0. The van der Waals surface area contributed by atoms with Crippen LogP contribution in [0.3, 0.4) is 0 Å². The molecule has 0 amide bonds. The molecule has 1 aliphatic heterocycles. The van der Waals surface area contributed by atoms with Gasteiger partial charge in [0, 0.05) is 19.1 Å². The summed E-state index contributed by atoms with van der Waals surface area (Å²) in [5.74, 6) is 0. The molecule has 1 nitrogen and oxygen atoms in total. The van der Waals surface area contributed by atoms with E-state index >= 15 is 0 Å². The number of nitrogens with zero attached hydrogens (tertiary/aromatic N) is 1. The van der Waals surface area contributed by atoms with Gasteiger partial charge in [-0.3, -0.25) is 4.90 Å². The fraction of sp³-hybridized carbons (Fsp3) is 0.500. The number of rotatable bonds is 4. The molecule has 0 saturated heterocycles. The van der Waals surface area contributed by atoms with Crippen LogP contribution >= 0.6 is 0 Å². The number of benzene rings is 1. The third kappa shape index (κ3) is 4.07. The number of allylic oxidation sites excluding steroid dienone is 1. The van der Waals surface area contributed by atoms with Crippen LogP contribution in [0.1, 0.15) is 46.6 Å². The normalized spacial score (nSPS) is 19.8. The highest BCUT2D eigenvalue weighted by Crippen LogP contribution is 2.27. The van der Waals surface area contributed by atoms with Crippen LogP contribution < -0.4 is 0 Å². The fourth-order valence-corrected chi connectivity index (χ4v) is 2.99. The minimum absolute atomic E-state index is 0.551. The van der Waals surface area contributed by atoms with Crippen molar-refractivity contribution < 1.29 is 0 Å². The summed E-state index contributed by atoms with van der Waals surface area (Å²) in [6.45, 7) is 13.6. The Morgan fingerprint density at radius 1 is 1.10 bits per heavy atom. The third-order valence-corrected chi connectivity index (χ3v) is 4.95. The van der Waals surface area contributed by atoms with Gasteiger partial charge in [0.2, 0.25) is 0 Å². The van der Waals surface area contributed by atoms with E-state index in [2.05, 4.69) is 69.9 Å². The first-order valence-corrected chi connectivity index (χ1v) is 8.06. The average molecular weight is 283 g/mol. The van der Waals surface area contributed by atoms with Crippen molar-refractivity contribution >= 4 is 0 Å². The molecule has 1 aromatic carbocycles. The second-order valence-electron chi connectivity index (χ2n) is 6.67. The van der Waals surface area contributed by atoms with Gasteiger partial charge in [0.15, 0.2) is 0 Å². The van der Waals surface area contributed by atoms with Crippen LogP contribution in [0.15, 0.2) is 52.6 Å². The van der Waals surface area contributed by atoms with Gasteiger partial charge in [0.05, 0.1) is 0 Å². The van der Waals surface area contributed by atoms with Crippen LogP contribution in [-0.2, 0) is 6.42 Å². The SMILES string of the molecule is CC(C)=C(C)CN1CCC(C)=C(C)C1Cc1ccccc1. The van der Waals surface area contributed by atoms with Crippen molar-refractivity contribution in [3.05, 3.63) is 58.2 Å². The second-order valence-corrected chi connectivity index (χ2v) is 6.67. The standard InChI is InChI=1S/C20H29N/c1-15(2)17(4)14-21-12-11-16(3)18(5)20(21)13-19-9-7-6-8-10-19/h6-10,20H,11-14H2,1-5H3. The van der Waals surface area contributed by atoms with Crippen LogP contribution in [0.5, 0.6) is 0 Å². The molecule has 114 valence electrons. The zero-order chi connectivity index (χ0) is 15.4. The summed E-state index contributed by atoms with van der Waals surface area (Å²) in [4.78, 5) is 2.66. The molecule has 0 aliphatic carbocycles. The van der Waals surface area contributed by atoms with E-state index in [1.807, 2.05) is 0 Å². The molecule has 0 bridgehead atoms. The summed E-state index contributed by atoms with van der Waals surface area (Å²) in [5.41, 5.74) is 7.57. The largest absolute Gasteiger partial charge is 0.292 e. The monoisotopic (exact) mass is 283 g/mol. The van der Waals surface area contributed by atoms with Crippen LogP contribution in [0.2, 0.25) is 0 Å². The number of hydrogen-bond acceptors (Lipinski definition) is 1. The Labute approximate surface area is 130 Å². The van der Waals surface area contributed by atoms with E-state index in [1.165, 1.54) is 29.7 Å². The second kappa shape index (κ2) is 7.09. The van der Waals surface area contributed by atoms with Gasteiger partial charge in [-0.05, 0) is 53.0 Å². The van der Waals surface area contributed by atoms with Crippen LogP contribution in [-0.4, -0.2) is 24.0 Å². The van der Waals surface area contributed by atoms with Gasteiger partial charge >= 0.3 is 0 Å². The van der Waals surface area contributed by atoms with E-state index in [0.717, 1.165) is 13.0 Å². The predicted molar refractivity (Wildman–Crippen MR) is 92.5 cm³/mol. The summed E-state index contributed by atoms with van der Waals surface area (Å²) >= 11 is 0. The van der Waals surface area contributed by atoms with Gasteiger partial charge in [-0.1, -0.05) is 52.6 Å². The molecule has 21 heavy (non-hydrogen) atoms. The highest BCUT2D eigenvalue weighted by Gasteiger charge is 2.25. The van der Waals surface area contributed by atoms with Gasteiger partial charge in [-0.25, -0.2) is 0 Å². The summed E-state index contributed by atoms with van der Waals surface area (Å²) < 4.78 is 0. The maximum atomic E-state index is 2.66. The Balaban J connectivity index is 2.22. The first-order valence-electron chi connectivity index (χ1n) is 8.06. The minimum atomic E-state index is 0.551. The average Bonchev–Trinajstić information content (AvgIpc) is 2.47. The zero-order valence-corrected chi connectivity index (χ0v) is 14.2. The highest BCUT2D eigenvalue weighted by atomic mass is 15.2. The molecule has 1 heterocycles. The molecule has 0 radical (unpaired) electrons. The molecule has 1 unspecified atom stereocenters. The molecule has 1 aliphatic rings. The van der Waals surface area contributed by atoms with Gasteiger partial charge < -0.3 is 0 Å². The smallest absolute Gasteiger partial charge is 0.0351 e. The Bertz CT molecular complexity index is 532. The maximum absolute atomic E-state index is 2.66. The molecule has 0 aromatic heterocycles. The van der Waals surface area contributed by atoms with Gasteiger partial charge in [-0.2, -0.15) is 0 Å². The third-order valence-electron chi connectivity index (χ3n) is 4.95. The van der Waals surface area contributed by atoms with E-state index in [4.69, 9.17) is 0 Å². The quantitative estimate of drug-likeness (QED) is 0.703. The Morgan fingerprint density at radius 3 is 2.38 bits per heavy atom. The molecular formula is C20H29N. The molecule has 1 atom stereocenters. The number of hydrogen-bond donors (Lipinski definition) is 0. The summed E-state index contributed by atoms with van der Waals surface area (Å²) in [6.07, 6.45) is 2.34. The van der Waals surface area contributed by atoms with E-state index in [9.17, 15) is 0 Å². The van der Waals surface area contributed by atoms with Crippen LogP contribution in [0.4, 0.5) is 0 Å². The van der Waals surface area contributed by atoms with Crippen LogP contribution in [0.25, 0.3) is 0 Å². The van der Waals surface area contributed by atoms with Crippen molar-refractivity contribution in [3.8, 4) is 0 Å². The molecule has 1 heteroatoms. The molecule has 0 fully saturated rings. The lowest BCUT2D eigenvalue weighted by Gasteiger charge is -2.38. The molecule has 1 aromatic rings. The van der Waals surface area contributed by atoms with Crippen molar-refractivity contribution in [2.45, 2.75) is 53.5 Å². The molecule has 2 rings (SSSR count). The maximum Gasteiger partial charge on any atom is 0.0351 e. The Morgan fingerprint density at radius 2 is 1.76 bits per heavy atom.